The van der Waals surface area contributed by atoms with Gasteiger partial charge in [-0.15, -0.1) is 0 Å². The second-order valence-corrected chi connectivity index (χ2v) is 8.95. The van der Waals surface area contributed by atoms with Crippen LogP contribution in [0.1, 0.15) is 20.8 Å². The van der Waals surface area contributed by atoms with Crippen molar-refractivity contribution in [2.24, 2.45) is 0 Å². The van der Waals surface area contributed by atoms with Gasteiger partial charge in [-0.25, -0.2) is 17.9 Å². The van der Waals surface area contributed by atoms with E-state index in [9.17, 15) is 18.0 Å². The van der Waals surface area contributed by atoms with Gasteiger partial charge in [-0.05, 0) is 57.2 Å². The molecule has 0 aromatic heterocycles. The Morgan fingerprint density at radius 3 is 2.32 bits per heavy atom. The smallest absolute Gasteiger partial charge is 0.351 e. The molecule has 2 aromatic carbocycles. The zero-order chi connectivity index (χ0) is 22.6. The maximum atomic E-state index is 12.4. The average molecular weight is 448 g/mol. The van der Waals surface area contributed by atoms with Gasteiger partial charge in [0.25, 0.3) is 5.91 Å². The second kappa shape index (κ2) is 9.36. The molecule has 2 atom stereocenters. The minimum atomic E-state index is -3.63. The van der Waals surface area contributed by atoms with Crippen LogP contribution < -0.4 is 19.5 Å². The Balaban J connectivity index is 1.55. The third kappa shape index (κ3) is 5.74. The van der Waals surface area contributed by atoms with Crippen LogP contribution in [0.4, 0.5) is 5.69 Å². The van der Waals surface area contributed by atoms with Gasteiger partial charge in [0, 0.05) is 11.7 Å². The van der Waals surface area contributed by atoms with E-state index in [-0.39, 0.29) is 17.5 Å². The number of hydrogen-bond donors (Lipinski definition) is 2. The Kier molecular flexibility index (Phi) is 6.81. The molecule has 0 aliphatic carbocycles. The molecule has 0 bridgehead atoms. The lowest BCUT2D eigenvalue weighted by molar-refractivity contribution is -0.162. The van der Waals surface area contributed by atoms with Crippen LogP contribution in [0.15, 0.2) is 53.4 Å². The Morgan fingerprint density at radius 1 is 1.03 bits per heavy atom. The second-order valence-electron chi connectivity index (χ2n) is 7.23. The number of carbonyl (C=O) groups is 2. The number of sulfonamides is 1. The number of para-hydroxylation sites is 2. The van der Waals surface area contributed by atoms with E-state index in [1.54, 1.807) is 38.1 Å². The van der Waals surface area contributed by atoms with Crippen LogP contribution in [0, 0.1) is 0 Å². The monoisotopic (exact) mass is 448 g/mol. The van der Waals surface area contributed by atoms with E-state index in [0.717, 1.165) is 0 Å². The Labute approximate surface area is 180 Å². The molecule has 0 radical (unpaired) electrons. The number of nitrogens with one attached hydrogen (secondary N) is 2. The Morgan fingerprint density at radius 2 is 1.68 bits per heavy atom. The summed E-state index contributed by atoms with van der Waals surface area (Å²) >= 11 is 0. The summed E-state index contributed by atoms with van der Waals surface area (Å²) in [5.41, 5.74) is 0.363. The third-order valence-corrected chi connectivity index (χ3v) is 5.93. The number of rotatable bonds is 7. The maximum absolute atomic E-state index is 12.4. The number of carbonyl (C=O) groups excluding carboxylic acids is 2. The van der Waals surface area contributed by atoms with Gasteiger partial charge in [0.15, 0.2) is 17.6 Å². The van der Waals surface area contributed by atoms with Crippen molar-refractivity contribution >= 4 is 27.6 Å². The van der Waals surface area contributed by atoms with Gasteiger partial charge in [-0.2, -0.15) is 0 Å². The van der Waals surface area contributed by atoms with Gasteiger partial charge in [0.1, 0.15) is 6.61 Å². The fourth-order valence-electron chi connectivity index (χ4n) is 2.78. The third-order valence-electron chi connectivity index (χ3n) is 4.26. The van der Waals surface area contributed by atoms with Crippen LogP contribution in [0.2, 0.25) is 0 Å². The van der Waals surface area contributed by atoms with E-state index in [0.29, 0.717) is 17.2 Å². The van der Waals surface area contributed by atoms with Crippen molar-refractivity contribution < 1.29 is 32.2 Å². The van der Waals surface area contributed by atoms with Crippen LogP contribution in [0.3, 0.4) is 0 Å². The molecule has 0 spiro atoms. The summed E-state index contributed by atoms with van der Waals surface area (Å²) in [5.74, 6) is -0.332. The molecule has 3 rings (SSSR count). The molecule has 166 valence electrons. The van der Waals surface area contributed by atoms with Gasteiger partial charge >= 0.3 is 5.97 Å². The van der Waals surface area contributed by atoms with Crippen LogP contribution in [-0.2, 0) is 24.3 Å². The van der Waals surface area contributed by atoms with Crippen LogP contribution in [-0.4, -0.2) is 45.2 Å². The van der Waals surface area contributed by atoms with Crippen molar-refractivity contribution in [3.05, 3.63) is 48.5 Å². The largest absolute Gasteiger partial charge is 0.485 e. The summed E-state index contributed by atoms with van der Waals surface area (Å²) in [6.07, 6.45) is -2.08. The first-order chi connectivity index (χ1) is 14.7. The van der Waals surface area contributed by atoms with E-state index in [1.165, 1.54) is 31.2 Å². The molecule has 0 unspecified atom stereocenters. The number of esters is 1. The normalized spacial score (nSPS) is 16.5. The standard InChI is InChI=1S/C21H24N2O7S/c1-13(2)23-31(26,27)16-10-8-15(9-11-16)22-20(24)14(3)29-21(25)19-12-28-17-6-4-5-7-18(17)30-19/h4-11,13-14,19,23H,12H2,1-3H3,(H,22,24)/t14-,19+/m1/s1. The van der Waals surface area contributed by atoms with Crippen molar-refractivity contribution in [3.8, 4) is 11.5 Å². The summed E-state index contributed by atoms with van der Waals surface area (Å²) < 4.78 is 43.0. The van der Waals surface area contributed by atoms with E-state index in [4.69, 9.17) is 14.2 Å². The Hall–Kier alpha value is -3.11. The summed E-state index contributed by atoms with van der Waals surface area (Å²) in [6.45, 7) is 4.84. The van der Waals surface area contributed by atoms with Gasteiger partial charge in [-0.1, -0.05) is 12.1 Å². The first kappa shape index (κ1) is 22.6. The lowest BCUT2D eigenvalue weighted by Crippen LogP contribution is -2.41. The molecule has 1 amide bonds. The molecule has 1 heterocycles. The van der Waals surface area contributed by atoms with E-state index in [2.05, 4.69) is 10.0 Å². The first-order valence-corrected chi connectivity index (χ1v) is 11.2. The van der Waals surface area contributed by atoms with Crippen LogP contribution in [0.25, 0.3) is 0 Å². The maximum Gasteiger partial charge on any atom is 0.351 e. The number of fused-ring (bicyclic) bond motifs is 1. The van der Waals surface area contributed by atoms with Crippen molar-refractivity contribution in [1.29, 1.82) is 0 Å². The van der Waals surface area contributed by atoms with E-state index < -0.39 is 34.1 Å². The molecule has 1 aliphatic rings. The highest BCUT2D eigenvalue weighted by molar-refractivity contribution is 7.89. The minimum Gasteiger partial charge on any atom is -0.485 e. The predicted octanol–water partition coefficient (Wildman–Crippen LogP) is 2.08. The molecule has 0 saturated heterocycles. The first-order valence-electron chi connectivity index (χ1n) is 9.68. The fourth-order valence-corrected chi connectivity index (χ4v) is 4.03. The number of ether oxygens (including phenoxy) is 3. The van der Waals surface area contributed by atoms with Crippen molar-refractivity contribution in [2.45, 2.75) is 43.9 Å². The molecular formula is C21H24N2O7S. The summed E-state index contributed by atoms with van der Waals surface area (Å²) in [5, 5.41) is 2.58. The lowest BCUT2D eigenvalue weighted by atomic mass is 10.2. The summed E-state index contributed by atoms with van der Waals surface area (Å²) in [7, 11) is -3.63. The number of amides is 1. The summed E-state index contributed by atoms with van der Waals surface area (Å²) in [4.78, 5) is 24.8. The molecule has 1 aliphatic heterocycles. The number of anilines is 1. The highest BCUT2D eigenvalue weighted by Crippen LogP contribution is 2.31. The lowest BCUT2D eigenvalue weighted by Gasteiger charge is -2.25. The zero-order valence-electron chi connectivity index (χ0n) is 17.3. The molecule has 0 saturated carbocycles. The molecule has 10 heteroatoms. The van der Waals surface area contributed by atoms with Gasteiger partial charge in [0.2, 0.25) is 16.1 Å². The quantitative estimate of drug-likeness (QED) is 0.622. The van der Waals surface area contributed by atoms with Gasteiger partial charge in [-0.3, -0.25) is 4.79 Å². The Bertz CT molecular complexity index is 1050. The van der Waals surface area contributed by atoms with E-state index in [1.807, 2.05) is 0 Å². The molecule has 31 heavy (non-hydrogen) atoms. The van der Waals surface area contributed by atoms with Crippen LogP contribution in [0.5, 0.6) is 11.5 Å². The molecule has 2 aromatic rings. The topological polar surface area (TPSA) is 120 Å². The molecule has 0 fully saturated rings. The predicted molar refractivity (Wildman–Crippen MR) is 112 cm³/mol. The van der Waals surface area contributed by atoms with Crippen molar-refractivity contribution in [1.82, 2.24) is 4.72 Å². The van der Waals surface area contributed by atoms with Crippen molar-refractivity contribution in [3.63, 3.8) is 0 Å². The highest BCUT2D eigenvalue weighted by atomic mass is 32.2. The zero-order valence-corrected chi connectivity index (χ0v) is 18.1. The molecular weight excluding hydrogens is 424 g/mol. The van der Waals surface area contributed by atoms with Crippen LogP contribution >= 0.6 is 0 Å². The number of benzene rings is 2. The SMILES string of the molecule is CC(C)NS(=O)(=O)c1ccc(NC(=O)[C@@H](C)OC(=O)[C@@H]2COc3ccccc3O2)cc1. The molecule has 9 nitrogen and oxygen atoms in total. The highest BCUT2D eigenvalue weighted by Gasteiger charge is 2.31. The number of hydrogen-bond acceptors (Lipinski definition) is 7. The molecule has 2 N–H and O–H groups in total. The van der Waals surface area contributed by atoms with E-state index >= 15 is 0 Å². The minimum absolute atomic E-state index is 0.0233. The summed E-state index contributed by atoms with van der Waals surface area (Å²) in [6, 6.07) is 12.4. The van der Waals surface area contributed by atoms with Gasteiger partial charge < -0.3 is 19.5 Å². The fraction of sp³-hybridized carbons (Fsp3) is 0.333. The average Bonchev–Trinajstić information content (AvgIpc) is 2.72. The van der Waals surface area contributed by atoms with Gasteiger partial charge in [0.05, 0.1) is 4.90 Å². The van der Waals surface area contributed by atoms with Crippen molar-refractivity contribution in [2.75, 3.05) is 11.9 Å².